The molecule has 0 spiro atoms. The molecule has 5 heteroatoms. The maximum absolute atomic E-state index is 11.5. The standard InChI is InChI=1S/C12H20N2O2S/c1-10-9-17-12(16)14(10)7-6-13-4-2-11(8-15)3-5-13/h9,11,15H,2-8H2,1H3. The number of aliphatic hydroxyl groups is 1. The smallest absolute Gasteiger partial charge is 0.307 e. The topological polar surface area (TPSA) is 45.5 Å². The zero-order valence-electron chi connectivity index (χ0n) is 10.3. The molecule has 0 saturated carbocycles. The van der Waals surface area contributed by atoms with E-state index in [1.165, 1.54) is 11.3 Å². The summed E-state index contributed by atoms with van der Waals surface area (Å²) in [6.45, 7) is 6.12. The normalized spacial score (nSPS) is 18.7. The molecule has 0 atom stereocenters. The van der Waals surface area contributed by atoms with Gasteiger partial charge in [-0.25, -0.2) is 0 Å². The largest absolute Gasteiger partial charge is 0.396 e. The molecule has 1 aliphatic heterocycles. The first kappa shape index (κ1) is 12.8. The van der Waals surface area contributed by atoms with E-state index in [2.05, 4.69) is 4.90 Å². The minimum absolute atomic E-state index is 0.146. The summed E-state index contributed by atoms with van der Waals surface area (Å²) in [5, 5.41) is 11.0. The molecule has 0 bridgehead atoms. The highest BCUT2D eigenvalue weighted by molar-refractivity contribution is 7.07. The molecule has 2 heterocycles. The Morgan fingerprint density at radius 2 is 2.12 bits per heavy atom. The molecule has 96 valence electrons. The van der Waals surface area contributed by atoms with Crippen LogP contribution in [0.1, 0.15) is 18.5 Å². The molecular weight excluding hydrogens is 236 g/mol. The van der Waals surface area contributed by atoms with E-state index in [1.54, 1.807) is 0 Å². The van der Waals surface area contributed by atoms with Crippen molar-refractivity contribution in [3.63, 3.8) is 0 Å². The van der Waals surface area contributed by atoms with E-state index in [0.29, 0.717) is 12.5 Å². The van der Waals surface area contributed by atoms with Crippen LogP contribution >= 0.6 is 11.3 Å². The second kappa shape index (κ2) is 5.80. The zero-order valence-corrected chi connectivity index (χ0v) is 11.1. The minimum atomic E-state index is 0.146. The number of hydrogen-bond donors (Lipinski definition) is 1. The maximum Gasteiger partial charge on any atom is 0.307 e. The summed E-state index contributed by atoms with van der Waals surface area (Å²) in [5.41, 5.74) is 1.06. The molecule has 1 aromatic rings. The Hall–Kier alpha value is -0.650. The van der Waals surface area contributed by atoms with Gasteiger partial charge in [0.25, 0.3) is 0 Å². The summed E-state index contributed by atoms with van der Waals surface area (Å²) in [7, 11) is 0. The molecule has 0 unspecified atom stereocenters. The Labute approximate surface area is 105 Å². The first-order valence-corrected chi connectivity index (χ1v) is 7.07. The van der Waals surface area contributed by atoms with E-state index in [9.17, 15) is 4.79 Å². The SMILES string of the molecule is Cc1csc(=O)n1CCN1CCC(CO)CC1. The van der Waals surface area contributed by atoms with Crippen LogP contribution in [0.25, 0.3) is 0 Å². The van der Waals surface area contributed by atoms with Gasteiger partial charge in [-0.15, -0.1) is 0 Å². The van der Waals surface area contributed by atoms with Crippen LogP contribution in [0, 0.1) is 12.8 Å². The van der Waals surface area contributed by atoms with Crippen LogP contribution in [0.2, 0.25) is 0 Å². The maximum atomic E-state index is 11.5. The molecule has 1 N–H and O–H groups in total. The van der Waals surface area contributed by atoms with Crippen molar-refractivity contribution in [1.82, 2.24) is 9.47 Å². The summed E-state index contributed by atoms with van der Waals surface area (Å²) in [5.74, 6) is 0.483. The molecule has 0 aromatic carbocycles. The molecule has 1 aromatic heterocycles. The minimum Gasteiger partial charge on any atom is -0.396 e. The highest BCUT2D eigenvalue weighted by atomic mass is 32.1. The average molecular weight is 256 g/mol. The van der Waals surface area contributed by atoms with Gasteiger partial charge < -0.3 is 14.6 Å². The molecule has 0 radical (unpaired) electrons. The van der Waals surface area contributed by atoms with Crippen molar-refractivity contribution < 1.29 is 5.11 Å². The van der Waals surface area contributed by atoms with Gasteiger partial charge >= 0.3 is 4.87 Å². The van der Waals surface area contributed by atoms with E-state index < -0.39 is 0 Å². The van der Waals surface area contributed by atoms with E-state index in [-0.39, 0.29) is 4.87 Å². The number of aryl methyl sites for hydroxylation is 1. The lowest BCUT2D eigenvalue weighted by Gasteiger charge is -2.31. The summed E-state index contributed by atoms with van der Waals surface area (Å²) < 4.78 is 1.85. The summed E-state index contributed by atoms with van der Waals surface area (Å²) in [6, 6.07) is 0. The highest BCUT2D eigenvalue weighted by Gasteiger charge is 2.18. The van der Waals surface area contributed by atoms with E-state index in [1.807, 2.05) is 16.9 Å². The summed E-state index contributed by atoms with van der Waals surface area (Å²) in [6.07, 6.45) is 2.15. The molecule has 0 amide bonds. The van der Waals surface area contributed by atoms with Gasteiger partial charge in [-0.3, -0.25) is 4.79 Å². The Morgan fingerprint density at radius 1 is 1.41 bits per heavy atom. The lowest BCUT2D eigenvalue weighted by atomic mass is 9.98. The molecule has 2 rings (SSSR count). The summed E-state index contributed by atoms with van der Waals surface area (Å²) >= 11 is 1.28. The van der Waals surface area contributed by atoms with Crippen molar-refractivity contribution >= 4 is 11.3 Å². The van der Waals surface area contributed by atoms with Crippen LogP contribution in [-0.4, -0.2) is 40.8 Å². The predicted octanol–water partition coefficient (Wildman–Crippen LogP) is 0.923. The van der Waals surface area contributed by atoms with Crippen molar-refractivity contribution in [3.8, 4) is 0 Å². The van der Waals surface area contributed by atoms with Gasteiger partial charge in [-0.05, 0) is 38.8 Å². The van der Waals surface area contributed by atoms with Gasteiger partial charge in [0.05, 0.1) is 0 Å². The molecule has 1 aliphatic rings. The van der Waals surface area contributed by atoms with Crippen molar-refractivity contribution in [1.29, 1.82) is 0 Å². The first-order chi connectivity index (χ1) is 8.20. The number of hydrogen-bond acceptors (Lipinski definition) is 4. The number of piperidine rings is 1. The fourth-order valence-corrected chi connectivity index (χ4v) is 3.07. The Kier molecular flexibility index (Phi) is 4.36. The molecular formula is C12H20N2O2S. The highest BCUT2D eigenvalue weighted by Crippen LogP contribution is 2.16. The third-order valence-corrected chi connectivity index (χ3v) is 4.46. The zero-order chi connectivity index (χ0) is 12.3. The van der Waals surface area contributed by atoms with E-state index in [4.69, 9.17) is 5.11 Å². The third-order valence-electron chi connectivity index (χ3n) is 3.58. The van der Waals surface area contributed by atoms with Crippen LogP contribution in [0.5, 0.6) is 0 Å². The first-order valence-electron chi connectivity index (χ1n) is 6.19. The number of nitrogens with zero attached hydrogens (tertiary/aromatic N) is 2. The monoisotopic (exact) mass is 256 g/mol. The molecule has 4 nitrogen and oxygen atoms in total. The quantitative estimate of drug-likeness (QED) is 0.871. The lowest BCUT2D eigenvalue weighted by Crippen LogP contribution is -2.37. The van der Waals surface area contributed by atoms with Crippen LogP contribution < -0.4 is 4.87 Å². The molecule has 0 aliphatic carbocycles. The molecule has 1 saturated heterocycles. The van der Waals surface area contributed by atoms with Crippen molar-refractivity contribution in [2.24, 2.45) is 5.92 Å². The van der Waals surface area contributed by atoms with Crippen LogP contribution in [0.4, 0.5) is 0 Å². The fourth-order valence-electron chi connectivity index (χ4n) is 2.31. The van der Waals surface area contributed by atoms with E-state index in [0.717, 1.165) is 44.7 Å². The van der Waals surface area contributed by atoms with Gasteiger partial charge in [-0.2, -0.15) is 0 Å². The van der Waals surface area contributed by atoms with Gasteiger partial charge in [0.2, 0.25) is 0 Å². The lowest BCUT2D eigenvalue weighted by molar-refractivity contribution is 0.129. The summed E-state index contributed by atoms with van der Waals surface area (Å²) in [4.78, 5) is 14.1. The Bertz CT molecular complexity index is 405. The van der Waals surface area contributed by atoms with E-state index >= 15 is 0 Å². The van der Waals surface area contributed by atoms with Gasteiger partial charge in [0.1, 0.15) is 0 Å². The van der Waals surface area contributed by atoms with Crippen molar-refractivity contribution in [3.05, 3.63) is 20.7 Å². The predicted molar refractivity (Wildman–Crippen MR) is 69.6 cm³/mol. The second-order valence-electron chi connectivity index (χ2n) is 4.76. The number of likely N-dealkylation sites (tertiary alicyclic amines) is 1. The number of aromatic nitrogens is 1. The van der Waals surface area contributed by atoms with Crippen LogP contribution in [-0.2, 0) is 6.54 Å². The van der Waals surface area contributed by atoms with Crippen molar-refractivity contribution in [2.75, 3.05) is 26.2 Å². The van der Waals surface area contributed by atoms with Crippen LogP contribution in [0.15, 0.2) is 10.2 Å². The number of thiazole rings is 1. The molecule has 17 heavy (non-hydrogen) atoms. The average Bonchev–Trinajstić information content (AvgIpc) is 2.67. The third kappa shape index (κ3) is 3.18. The number of rotatable bonds is 4. The van der Waals surface area contributed by atoms with Crippen LogP contribution in [0.3, 0.4) is 0 Å². The van der Waals surface area contributed by atoms with Gasteiger partial charge in [0.15, 0.2) is 0 Å². The fraction of sp³-hybridized carbons (Fsp3) is 0.750. The van der Waals surface area contributed by atoms with Gasteiger partial charge in [0, 0.05) is 30.8 Å². The number of aliphatic hydroxyl groups excluding tert-OH is 1. The molecule has 1 fully saturated rings. The second-order valence-corrected chi connectivity index (χ2v) is 5.58. The Balaban J connectivity index is 1.82. The van der Waals surface area contributed by atoms with Crippen molar-refractivity contribution in [2.45, 2.75) is 26.3 Å². The Morgan fingerprint density at radius 3 is 2.65 bits per heavy atom. The van der Waals surface area contributed by atoms with Gasteiger partial charge in [-0.1, -0.05) is 11.3 Å².